The van der Waals surface area contributed by atoms with Crippen LogP contribution in [-0.4, -0.2) is 39.1 Å². The fourth-order valence-electron chi connectivity index (χ4n) is 2.44. The lowest BCUT2D eigenvalue weighted by molar-refractivity contribution is -0.141. The summed E-state index contributed by atoms with van der Waals surface area (Å²) >= 11 is 1.43. The first kappa shape index (κ1) is 15.8. The Labute approximate surface area is 127 Å². The molecule has 2 unspecified atom stereocenters. The van der Waals surface area contributed by atoms with Crippen LogP contribution in [0.2, 0.25) is 0 Å². The summed E-state index contributed by atoms with van der Waals surface area (Å²) in [6, 6.07) is 3.69. The highest BCUT2D eigenvalue weighted by molar-refractivity contribution is 8.00. The van der Waals surface area contributed by atoms with Crippen molar-refractivity contribution in [2.45, 2.75) is 32.2 Å². The minimum Gasteiger partial charge on any atom is -0.480 e. The standard InChI is InChI=1S/C15H18FNO3S/c1-8(2)14-17(11(7-21-14)15(19)20)13(18)10-6-4-5-9(3)12(10)16/h4-6,8,11,14H,7H2,1-3H3,(H,19,20). The summed E-state index contributed by atoms with van der Waals surface area (Å²) in [4.78, 5) is 25.3. The van der Waals surface area contributed by atoms with E-state index in [4.69, 9.17) is 0 Å². The van der Waals surface area contributed by atoms with Crippen molar-refractivity contribution in [1.82, 2.24) is 4.90 Å². The summed E-state index contributed by atoms with van der Waals surface area (Å²) in [5, 5.41) is 9.05. The number of aliphatic carboxylic acids is 1. The first-order chi connectivity index (χ1) is 9.84. The summed E-state index contributed by atoms with van der Waals surface area (Å²) in [7, 11) is 0. The van der Waals surface area contributed by atoms with Crippen LogP contribution in [0.3, 0.4) is 0 Å². The van der Waals surface area contributed by atoms with E-state index in [-0.39, 0.29) is 16.9 Å². The van der Waals surface area contributed by atoms with Gasteiger partial charge in [0, 0.05) is 5.75 Å². The predicted molar refractivity (Wildman–Crippen MR) is 79.8 cm³/mol. The molecule has 6 heteroatoms. The number of carboxylic acid groups (broad SMARTS) is 1. The van der Waals surface area contributed by atoms with Gasteiger partial charge in [-0.25, -0.2) is 9.18 Å². The molecule has 2 atom stereocenters. The van der Waals surface area contributed by atoms with Crippen LogP contribution in [0.4, 0.5) is 4.39 Å². The minimum absolute atomic E-state index is 0.0607. The Morgan fingerprint density at radius 3 is 2.67 bits per heavy atom. The number of aryl methyl sites for hydroxylation is 1. The lowest BCUT2D eigenvalue weighted by Crippen LogP contribution is -2.47. The molecule has 0 bridgehead atoms. The number of rotatable bonds is 3. The van der Waals surface area contributed by atoms with E-state index in [0.717, 1.165) is 0 Å². The smallest absolute Gasteiger partial charge is 0.327 e. The zero-order valence-corrected chi connectivity index (χ0v) is 13.0. The maximum Gasteiger partial charge on any atom is 0.327 e. The molecule has 1 aliphatic heterocycles. The number of amides is 1. The molecule has 4 nitrogen and oxygen atoms in total. The van der Waals surface area contributed by atoms with Gasteiger partial charge in [0.15, 0.2) is 0 Å². The monoisotopic (exact) mass is 311 g/mol. The molecule has 1 N–H and O–H groups in total. The Bertz CT molecular complexity index is 576. The Balaban J connectivity index is 2.42. The van der Waals surface area contributed by atoms with Crippen LogP contribution in [-0.2, 0) is 4.79 Å². The minimum atomic E-state index is -1.05. The first-order valence-electron chi connectivity index (χ1n) is 6.76. The third-order valence-corrected chi connectivity index (χ3v) is 5.17. The lowest BCUT2D eigenvalue weighted by Gasteiger charge is -2.30. The van der Waals surface area contributed by atoms with Gasteiger partial charge in [-0.1, -0.05) is 26.0 Å². The fourth-order valence-corrected chi connectivity index (χ4v) is 3.91. The van der Waals surface area contributed by atoms with Crippen LogP contribution in [0.15, 0.2) is 18.2 Å². The molecule has 2 rings (SSSR count). The molecule has 1 saturated heterocycles. The van der Waals surface area contributed by atoms with E-state index < -0.39 is 23.7 Å². The molecule has 1 fully saturated rings. The van der Waals surface area contributed by atoms with Crippen molar-refractivity contribution in [3.05, 3.63) is 35.1 Å². The van der Waals surface area contributed by atoms with Gasteiger partial charge >= 0.3 is 5.97 Å². The van der Waals surface area contributed by atoms with Crippen molar-refractivity contribution in [3.63, 3.8) is 0 Å². The number of carbonyl (C=O) groups is 2. The Kier molecular flexibility index (Phi) is 4.56. The molecule has 0 radical (unpaired) electrons. The SMILES string of the molecule is Cc1cccc(C(=O)N2C(C(=O)O)CSC2C(C)C)c1F. The van der Waals surface area contributed by atoms with Gasteiger partial charge in [-0.05, 0) is 24.5 Å². The van der Waals surface area contributed by atoms with E-state index in [1.165, 1.54) is 22.7 Å². The van der Waals surface area contributed by atoms with Crippen LogP contribution in [0.5, 0.6) is 0 Å². The highest BCUT2D eigenvalue weighted by Gasteiger charge is 2.43. The molecule has 0 aliphatic carbocycles. The van der Waals surface area contributed by atoms with Crippen molar-refractivity contribution in [2.24, 2.45) is 5.92 Å². The third kappa shape index (κ3) is 2.90. The Hall–Kier alpha value is -1.56. The van der Waals surface area contributed by atoms with Gasteiger partial charge in [0.05, 0.1) is 10.9 Å². The maximum atomic E-state index is 14.2. The summed E-state index contributed by atoms with van der Waals surface area (Å²) in [6.07, 6.45) is 0. The molecule has 1 amide bonds. The van der Waals surface area contributed by atoms with Crippen molar-refractivity contribution >= 4 is 23.6 Å². The van der Waals surface area contributed by atoms with Gasteiger partial charge in [0.25, 0.3) is 5.91 Å². The molecule has 0 aromatic heterocycles. The second kappa shape index (κ2) is 6.05. The number of nitrogens with zero attached hydrogens (tertiary/aromatic N) is 1. The number of carboxylic acids is 1. The van der Waals surface area contributed by atoms with Gasteiger partial charge in [-0.3, -0.25) is 4.79 Å². The van der Waals surface area contributed by atoms with Gasteiger partial charge in [-0.2, -0.15) is 0 Å². The molecule has 114 valence electrons. The van der Waals surface area contributed by atoms with E-state index in [2.05, 4.69) is 0 Å². The second-order valence-electron chi connectivity index (χ2n) is 5.47. The van der Waals surface area contributed by atoms with Crippen LogP contribution in [0.25, 0.3) is 0 Å². The summed E-state index contributed by atoms with van der Waals surface area (Å²) < 4.78 is 14.2. The summed E-state index contributed by atoms with van der Waals surface area (Å²) in [6.45, 7) is 5.43. The molecule has 0 spiro atoms. The van der Waals surface area contributed by atoms with Gasteiger partial charge < -0.3 is 10.0 Å². The molecule has 1 aromatic carbocycles. The molecule has 1 heterocycles. The van der Waals surface area contributed by atoms with Crippen LogP contribution in [0.1, 0.15) is 29.8 Å². The topological polar surface area (TPSA) is 57.6 Å². The highest BCUT2D eigenvalue weighted by Crippen LogP contribution is 2.35. The average molecular weight is 311 g/mol. The quantitative estimate of drug-likeness (QED) is 0.932. The van der Waals surface area contributed by atoms with Gasteiger partial charge in [-0.15, -0.1) is 11.8 Å². The molecule has 1 aromatic rings. The van der Waals surface area contributed by atoms with Crippen molar-refractivity contribution in [2.75, 3.05) is 5.75 Å². The Morgan fingerprint density at radius 1 is 1.43 bits per heavy atom. The normalized spacial score (nSPS) is 21.9. The van der Waals surface area contributed by atoms with E-state index in [1.54, 1.807) is 19.1 Å². The van der Waals surface area contributed by atoms with E-state index in [1.807, 2.05) is 13.8 Å². The molecular formula is C15H18FNO3S. The number of hydrogen-bond acceptors (Lipinski definition) is 3. The van der Waals surface area contributed by atoms with Crippen molar-refractivity contribution in [1.29, 1.82) is 0 Å². The molecule has 0 saturated carbocycles. The molecule has 21 heavy (non-hydrogen) atoms. The van der Waals surface area contributed by atoms with Crippen LogP contribution >= 0.6 is 11.8 Å². The van der Waals surface area contributed by atoms with E-state index >= 15 is 0 Å². The first-order valence-corrected chi connectivity index (χ1v) is 7.81. The van der Waals surface area contributed by atoms with Gasteiger partial charge in [0.1, 0.15) is 11.9 Å². The summed E-state index contributed by atoms with van der Waals surface area (Å²) in [5.74, 6) is -1.75. The Morgan fingerprint density at radius 2 is 2.10 bits per heavy atom. The number of halogens is 1. The second-order valence-corrected chi connectivity index (χ2v) is 6.62. The predicted octanol–water partition coefficient (Wildman–Crippen LogP) is 2.76. The van der Waals surface area contributed by atoms with Crippen LogP contribution in [0, 0.1) is 18.7 Å². The number of carbonyl (C=O) groups excluding carboxylic acids is 1. The van der Waals surface area contributed by atoms with E-state index in [0.29, 0.717) is 11.3 Å². The molecule has 1 aliphatic rings. The third-order valence-electron chi connectivity index (χ3n) is 3.55. The van der Waals surface area contributed by atoms with E-state index in [9.17, 15) is 19.1 Å². The van der Waals surface area contributed by atoms with Crippen molar-refractivity contribution < 1.29 is 19.1 Å². The van der Waals surface area contributed by atoms with Crippen molar-refractivity contribution in [3.8, 4) is 0 Å². The average Bonchev–Trinajstić information content (AvgIpc) is 2.86. The van der Waals surface area contributed by atoms with Crippen LogP contribution < -0.4 is 0 Å². The summed E-state index contributed by atoms with van der Waals surface area (Å²) in [5.41, 5.74) is 0.315. The maximum absolute atomic E-state index is 14.2. The number of hydrogen-bond donors (Lipinski definition) is 1. The number of benzene rings is 1. The number of thioether (sulfide) groups is 1. The fraction of sp³-hybridized carbons (Fsp3) is 0.467. The highest BCUT2D eigenvalue weighted by atomic mass is 32.2. The molecular weight excluding hydrogens is 293 g/mol. The zero-order chi connectivity index (χ0) is 15.7. The van der Waals surface area contributed by atoms with Gasteiger partial charge in [0.2, 0.25) is 0 Å². The lowest BCUT2D eigenvalue weighted by atomic mass is 10.1. The largest absolute Gasteiger partial charge is 0.480 e. The zero-order valence-electron chi connectivity index (χ0n) is 12.2.